The van der Waals surface area contributed by atoms with Gasteiger partial charge in [0.05, 0.1) is 5.69 Å². The zero-order valence-corrected chi connectivity index (χ0v) is 14.9. The molecule has 2 aliphatic rings. The quantitative estimate of drug-likeness (QED) is 0.927. The molecule has 0 bridgehead atoms. The summed E-state index contributed by atoms with van der Waals surface area (Å²) in [6, 6.07) is 8.76. The Hall–Kier alpha value is -1.98. The number of ether oxygens (including phenoxy) is 1. The Morgan fingerprint density at radius 1 is 1.08 bits per heavy atom. The molecule has 132 valence electrons. The van der Waals surface area contributed by atoms with Crippen molar-refractivity contribution < 1.29 is 4.74 Å². The van der Waals surface area contributed by atoms with Crippen molar-refractivity contribution in [2.24, 2.45) is 0 Å². The molecule has 0 saturated heterocycles. The lowest BCUT2D eigenvalue weighted by atomic mass is 9.99. The van der Waals surface area contributed by atoms with Gasteiger partial charge in [-0.2, -0.15) is 0 Å². The molecule has 1 aromatic heterocycles. The van der Waals surface area contributed by atoms with Crippen molar-refractivity contribution in [1.82, 2.24) is 15.3 Å². The van der Waals surface area contributed by atoms with Crippen LogP contribution >= 0.6 is 0 Å². The molecule has 0 radical (unpaired) electrons. The van der Waals surface area contributed by atoms with Gasteiger partial charge >= 0.3 is 0 Å². The number of nitrogens with zero attached hydrogens (tertiary/aromatic N) is 3. The lowest BCUT2D eigenvalue weighted by molar-refractivity contribution is 0.128. The van der Waals surface area contributed by atoms with E-state index in [4.69, 9.17) is 14.7 Å². The second-order valence-electron chi connectivity index (χ2n) is 6.72. The van der Waals surface area contributed by atoms with Crippen molar-refractivity contribution in [3.8, 4) is 0 Å². The zero-order valence-electron chi connectivity index (χ0n) is 14.9. The van der Waals surface area contributed by atoms with Gasteiger partial charge in [0.25, 0.3) is 0 Å². The van der Waals surface area contributed by atoms with E-state index < -0.39 is 0 Å². The molecule has 1 aromatic carbocycles. The van der Waals surface area contributed by atoms with E-state index in [2.05, 4.69) is 34.5 Å². The monoisotopic (exact) mass is 338 g/mol. The Balaban J connectivity index is 1.70. The zero-order chi connectivity index (χ0) is 17.1. The van der Waals surface area contributed by atoms with Crippen LogP contribution in [-0.2, 0) is 37.2 Å². The molecular weight excluding hydrogens is 312 g/mol. The molecule has 4 rings (SSSR count). The first-order valence-electron chi connectivity index (χ1n) is 9.34. The van der Waals surface area contributed by atoms with Gasteiger partial charge in [0, 0.05) is 38.2 Å². The van der Waals surface area contributed by atoms with Crippen LogP contribution in [0.1, 0.15) is 35.1 Å². The predicted molar refractivity (Wildman–Crippen MR) is 98.8 cm³/mol. The van der Waals surface area contributed by atoms with Crippen LogP contribution in [0, 0.1) is 0 Å². The van der Waals surface area contributed by atoms with E-state index in [-0.39, 0.29) is 0 Å². The van der Waals surface area contributed by atoms with Crippen LogP contribution in [0.2, 0.25) is 0 Å². The highest BCUT2D eigenvalue weighted by Gasteiger charge is 2.23. The topological polar surface area (TPSA) is 50.3 Å². The van der Waals surface area contributed by atoms with E-state index in [0.29, 0.717) is 13.2 Å². The number of benzene rings is 1. The smallest absolute Gasteiger partial charge is 0.156 e. The molecule has 2 aliphatic heterocycles. The van der Waals surface area contributed by atoms with E-state index >= 15 is 0 Å². The van der Waals surface area contributed by atoms with E-state index in [1.165, 1.54) is 22.4 Å². The van der Waals surface area contributed by atoms with Crippen molar-refractivity contribution in [3.05, 3.63) is 52.5 Å². The third kappa shape index (κ3) is 3.53. The summed E-state index contributed by atoms with van der Waals surface area (Å²) in [7, 11) is 0. The largest absolute Gasteiger partial charge is 0.374 e. The minimum Gasteiger partial charge on any atom is -0.374 e. The molecule has 25 heavy (non-hydrogen) atoms. The van der Waals surface area contributed by atoms with Gasteiger partial charge in [-0.3, -0.25) is 0 Å². The van der Waals surface area contributed by atoms with Crippen LogP contribution in [0.4, 0.5) is 5.82 Å². The van der Waals surface area contributed by atoms with Crippen LogP contribution in [-0.4, -0.2) is 36.2 Å². The molecule has 0 unspecified atom stereocenters. The molecule has 0 saturated carbocycles. The van der Waals surface area contributed by atoms with Crippen LogP contribution < -0.4 is 10.2 Å². The molecule has 0 spiro atoms. The molecule has 5 heteroatoms. The van der Waals surface area contributed by atoms with Crippen LogP contribution in [0.3, 0.4) is 0 Å². The maximum absolute atomic E-state index is 5.58. The standard InChI is InChI=1S/C20H26N4O/c1-2-25-14-19-22-18-8-11-21-10-7-17(18)20(23-19)24-12-9-15-5-3-4-6-16(15)13-24/h3-6,21H,2,7-14H2,1H3. The Bertz CT molecular complexity index is 746. The first-order chi connectivity index (χ1) is 12.3. The first-order valence-corrected chi connectivity index (χ1v) is 9.34. The highest BCUT2D eigenvalue weighted by Crippen LogP contribution is 2.28. The summed E-state index contributed by atoms with van der Waals surface area (Å²) in [6.07, 6.45) is 3.04. The van der Waals surface area contributed by atoms with Gasteiger partial charge in [-0.25, -0.2) is 9.97 Å². The van der Waals surface area contributed by atoms with Gasteiger partial charge in [0.1, 0.15) is 12.4 Å². The Labute approximate surface area is 149 Å². The van der Waals surface area contributed by atoms with Crippen LogP contribution in [0.5, 0.6) is 0 Å². The molecule has 0 amide bonds. The maximum atomic E-state index is 5.58. The van der Waals surface area contributed by atoms with Gasteiger partial charge in [0.2, 0.25) is 0 Å². The highest BCUT2D eigenvalue weighted by molar-refractivity contribution is 5.52. The number of nitrogens with one attached hydrogen (secondary N) is 1. The number of rotatable bonds is 4. The van der Waals surface area contributed by atoms with Crippen molar-refractivity contribution in [1.29, 1.82) is 0 Å². The third-order valence-corrected chi connectivity index (χ3v) is 5.07. The minimum atomic E-state index is 0.495. The summed E-state index contributed by atoms with van der Waals surface area (Å²) < 4.78 is 5.58. The van der Waals surface area contributed by atoms with Gasteiger partial charge in [-0.15, -0.1) is 0 Å². The summed E-state index contributed by atoms with van der Waals surface area (Å²) >= 11 is 0. The molecule has 3 heterocycles. The molecule has 0 fully saturated rings. The average molecular weight is 338 g/mol. The predicted octanol–water partition coefficient (Wildman–Crippen LogP) is 2.26. The maximum Gasteiger partial charge on any atom is 0.156 e. The summed E-state index contributed by atoms with van der Waals surface area (Å²) in [5.41, 5.74) is 5.41. The second-order valence-corrected chi connectivity index (χ2v) is 6.72. The highest BCUT2D eigenvalue weighted by atomic mass is 16.5. The fourth-order valence-corrected chi connectivity index (χ4v) is 3.77. The Morgan fingerprint density at radius 3 is 2.80 bits per heavy atom. The Kier molecular flexibility index (Phi) is 4.95. The van der Waals surface area contributed by atoms with Crippen molar-refractivity contribution >= 4 is 5.82 Å². The lowest BCUT2D eigenvalue weighted by Crippen LogP contribution is -2.32. The van der Waals surface area contributed by atoms with Gasteiger partial charge < -0.3 is 15.0 Å². The number of hydrogen-bond acceptors (Lipinski definition) is 5. The molecule has 0 atom stereocenters. The number of aromatic nitrogens is 2. The van der Waals surface area contributed by atoms with Crippen molar-refractivity contribution in [2.75, 3.05) is 31.1 Å². The third-order valence-electron chi connectivity index (χ3n) is 5.07. The van der Waals surface area contributed by atoms with E-state index in [0.717, 1.165) is 57.1 Å². The fraction of sp³-hybridized carbons (Fsp3) is 0.500. The second kappa shape index (κ2) is 7.50. The number of fused-ring (bicyclic) bond motifs is 2. The Morgan fingerprint density at radius 2 is 1.92 bits per heavy atom. The van der Waals surface area contributed by atoms with E-state index in [1.807, 2.05) is 6.92 Å². The minimum absolute atomic E-state index is 0.495. The van der Waals surface area contributed by atoms with Crippen molar-refractivity contribution in [3.63, 3.8) is 0 Å². The normalized spacial score (nSPS) is 16.9. The van der Waals surface area contributed by atoms with Gasteiger partial charge in [-0.1, -0.05) is 24.3 Å². The number of anilines is 1. The molecule has 0 aliphatic carbocycles. The first kappa shape index (κ1) is 16.5. The summed E-state index contributed by atoms with van der Waals surface area (Å²) in [5, 5.41) is 3.49. The lowest BCUT2D eigenvalue weighted by Gasteiger charge is -2.32. The van der Waals surface area contributed by atoms with Gasteiger partial charge in [0.15, 0.2) is 5.82 Å². The van der Waals surface area contributed by atoms with E-state index in [9.17, 15) is 0 Å². The molecular formula is C20H26N4O. The van der Waals surface area contributed by atoms with Gasteiger partial charge in [-0.05, 0) is 37.4 Å². The summed E-state index contributed by atoms with van der Waals surface area (Å²) in [5.74, 6) is 1.94. The molecule has 1 N–H and O–H groups in total. The number of hydrogen-bond donors (Lipinski definition) is 1. The van der Waals surface area contributed by atoms with Crippen LogP contribution in [0.25, 0.3) is 0 Å². The SMILES string of the molecule is CCOCc1nc2c(c(N3CCc4ccccc4C3)n1)CCNCC2. The fourth-order valence-electron chi connectivity index (χ4n) is 3.77. The van der Waals surface area contributed by atoms with Crippen molar-refractivity contribution in [2.45, 2.75) is 39.3 Å². The van der Waals surface area contributed by atoms with E-state index in [1.54, 1.807) is 0 Å². The summed E-state index contributed by atoms with van der Waals surface area (Å²) in [6.45, 7) is 7.13. The molecule has 5 nitrogen and oxygen atoms in total. The van der Waals surface area contributed by atoms with Crippen LogP contribution in [0.15, 0.2) is 24.3 Å². The average Bonchev–Trinajstić information content (AvgIpc) is 2.90. The molecule has 2 aromatic rings. The summed E-state index contributed by atoms with van der Waals surface area (Å²) in [4.78, 5) is 12.2.